The van der Waals surface area contributed by atoms with Crippen molar-refractivity contribution in [2.24, 2.45) is 4.99 Å². The lowest BCUT2D eigenvalue weighted by atomic mass is 10.1. The first kappa shape index (κ1) is 25.2. The molecular weight excluding hydrogens is 546 g/mol. The molecule has 34 heavy (non-hydrogen) atoms. The van der Waals surface area contributed by atoms with Crippen LogP contribution in [-0.4, -0.2) is 27.8 Å². The molecule has 0 radical (unpaired) electrons. The van der Waals surface area contributed by atoms with Gasteiger partial charge in [-0.2, -0.15) is 5.10 Å². The molecule has 4 rings (SSSR count). The van der Waals surface area contributed by atoms with E-state index in [1.807, 2.05) is 41.2 Å². The number of hydrogen-bond acceptors (Lipinski definition) is 4. The van der Waals surface area contributed by atoms with Crippen LogP contribution in [-0.2, 0) is 19.6 Å². The van der Waals surface area contributed by atoms with Crippen LogP contribution in [0.1, 0.15) is 16.7 Å². The van der Waals surface area contributed by atoms with Gasteiger partial charge in [-0.05, 0) is 53.1 Å². The minimum atomic E-state index is -0.309. The van der Waals surface area contributed by atoms with Gasteiger partial charge in [-0.3, -0.25) is 9.67 Å². The van der Waals surface area contributed by atoms with E-state index in [9.17, 15) is 4.39 Å². The lowest BCUT2D eigenvalue weighted by Gasteiger charge is -2.15. The molecule has 0 aliphatic rings. The summed E-state index contributed by atoms with van der Waals surface area (Å²) in [5.41, 5.74) is 3.35. The zero-order valence-electron chi connectivity index (χ0n) is 18.7. The van der Waals surface area contributed by atoms with Crippen LogP contribution < -0.4 is 15.4 Å². The number of aromatic nitrogens is 3. The van der Waals surface area contributed by atoms with Crippen molar-refractivity contribution < 1.29 is 9.13 Å². The quantitative estimate of drug-likeness (QED) is 0.181. The third-order valence-corrected chi connectivity index (χ3v) is 4.98. The van der Waals surface area contributed by atoms with E-state index in [0.29, 0.717) is 37.2 Å². The van der Waals surface area contributed by atoms with Crippen molar-refractivity contribution in [2.45, 2.75) is 19.6 Å². The second-order valence-electron chi connectivity index (χ2n) is 7.31. The number of aliphatic imine (C=N–C) groups is 1. The third kappa shape index (κ3) is 7.27. The standard InChI is InChI=1S/C25H25FN6O.HI/c1-27-25(30-17-20-5-2-3-6-21(20)18-32-14-4-12-31-32)29-16-19-11-13-28-24(15-19)33-23-9-7-22(26)8-10-23;/h2-15H,16-18H2,1H3,(H2,27,29,30);1H. The van der Waals surface area contributed by atoms with Gasteiger partial charge in [0.2, 0.25) is 5.88 Å². The summed E-state index contributed by atoms with van der Waals surface area (Å²) >= 11 is 0. The van der Waals surface area contributed by atoms with Crippen molar-refractivity contribution in [2.75, 3.05) is 7.05 Å². The number of nitrogens with zero attached hydrogens (tertiary/aromatic N) is 4. The van der Waals surface area contributed by atoms with E-state index in [2.05, 4.69) is 37.8 Å². The van der Waals surface area contributed by atoms with Crippen LogP contribution in [0.25, 0.3) is 0 Å². The van der Waals surface area contributed by atoms with Gasteiger partial charge in [0.15, 0.2) is 5.96 Å². The van der Waals surface area contributed by atoms with Gasteiger partial charge in [0.1, 0.15) is 11.6 Å². The zero-order valence-corrected chi connectivity index (χ0v) is 21.0. The summed E-state index contributed by atoms with van der Waals surface area (Å²) in [5.74, 6) is 1.34. The Hall–Kier alpha value is -3.47. The normalized spacial score (nSPS) is 10.9. The van der Waals surface area contributed by atoms with Crippen molar-refractivity contribution in [3.05, 3.63) is 108 Å². The fourth-order valence-corrected chi connectivity index (χ4v) is 3.28. The summed E-state index contributed by atoms with van der Waals surface area (Å²) in [6.07, 6.45) is 5.41. The molecular formula is C25H26FIN6O. The smallest absolute Gasteiger partial charge is 0.219 e. The first-order valence-electron chi connectivity index (χ1n) is 10.6. The van der Waals surface area contributed by atoms with Crippen LogP contribution in [0.3, 0.4) is 0 Å². The lowest BCUT2D eigenvalue weighted by Crippen LogP contribution is -2.36. The molecule has 2 aromatic carbocycles. The molecule has 2 heterocycles. The molecule has 0 spiro atoms. The molecule has 9 heteroatoms. The molecule has 4 aromatic rings. The Labute approximate surface area is 215 Å². The highest BCUT2D eigenvalue weighted by Crippen LogP contribution is 2.20. The van der Waals surface area contributed by atoms with Crippen LogP contribution in [0.5, 0.6) is 11.6 Å². The van der Waals surface area contributed by atoms with Crippen LogP contribution in [0.15, 0.2) is 90.3 Å². The highest BCUT2D eigenvalue weighted by molar-refractivity contribution is 14.0. The maximum Gasteiger partial charge on any atom is 0.219 e. The molecule has 0 atom stereocenters. The summed E-state index contributed by atoms with van der Waals surface area (Å²) < 4.78 is 20.7. The molecule has 2 N–H and O–H groups in total. The van der Waals surface area contributed by atoms with Crippen LogP contribution in [0.4, 0.5) is 4.39 Å². The van der Waals surface area contributed by atoms with E-state index in [1.165, 1.54) is 23.3 Å². The molecule has 0 aliphatic carbocycles. The molecule has 7 nitrogen and oxygen atoms in total. The maximum absolute atomic E-state index is 13.1. The number of guanidine groups is 1. The fourth-order valence-electron chi connectivity index (χ4n) is 3.28. The summed E-state index contributed by atoms with van der Waals surface area (Å²) in [5, 5.41) is 11.0. The predicted molar refractivity (Wildman–Crippen MR) is 141 cm³/mol. The van der Waals surface area contributed by atoms with Gasteiger partial charge in [-0.1, -0.05) is 24.3 Å². The summed E-state index contributed by atoms with van der Waals surface area (Å²) in [6, 6.07) is 19.8. The average Bonchev–Trinajstić information content (AvgIpc) is 3.35. The Morgan fingerprint density at radius 3 is 2.47 bits per heavy atom. The predicted octanol–water partition coefficient (Wildman–Crippen LogP) is 4.74. The third-order valence-electron chi connectivity index (χ3n) is 4.98. The van der Waals surface area contributed by atoms with E-state index in [0.717, 1.165) is 5.56 Å². The topological polar surface area (TPSA) is 76.4 Å². The SMILES string of the molecule is CN=C(NCc1ccnc(Oc2ccc(F)cc2)c1)NCc1ccccc1Cn1cccn1.I. The van der Waals surface area contributed by atoms with E-state index in [1.54, 1.807) is 31.6 Å². The van der Waals surface area contributed by atoms with Crippen LogP contribution >= 0.6 is 24.0 Å². The molecule has 2 aromatic heterocycles. The van der Waals surface area contributed by atoms with Crippen LogP contribution in [0.2, 0.25) is 0 Å². The van der Waals surface area contributed by atoms with E-state index >= 15 is 0 Å². The van der Waals surface area contributed by atoms with Crippen molar-refractivity contribution in [1.29, 1.82) is 0 Å². The molecule has 0 aliphatic heterocycles. The zero-order chi connectivity index (χ0) is 22.9. The second kappa shape index (κ2) is 12.7. The highest BCUT2D eigenvalue weighted by atomic mass is 127. The van der Waals surface area contributed by atoms with E-state index in [4.69, 9.17) is 4.74 Å². The van der Waals surface area contributed by atoms with Crippen molar-refractivity contribution in [3.63, 3.8) is 0 Å². The highest BCUT2D eigenvalue weighted by Gasteiger charge is 2.06. The lowest BCUT2D eigenvalue weighted by molar-refractivity contribution is 0.460. The molecule has 0 fully saturated rings. The fraction of sp³-hybridized carbons (Fsp3) is 0.160. The Morgan fingerprint density at radius 2 is 1.74 bits per heavy atom. The van der Waals surface area contributed by atoms with Gasteiger partial charge in [0.05, 0.1) is 6.54 Å². The Balaban J connectivity index is 0.00000324. The number of benzene rings is 2. The van der Waals surface area contributed by atoms with E-state index in [-0.39, 0.29) is 29.8 Å². The largest absolute Gasteiger partial charge is 0.439 e. The number of nitrogens with one attached hydrogen (secondary N) is 2. The second-order valence-corrected chi connectivity index (χ2v) is 7.31. The Kier molecular flexibility index (Phi) is 9.39. The number of halogens is 2. The van der Waals surface area contributed by atoms with Gasteiger partial charge in [0, 0.05) is 44.8 Å². The van der Waals surface area contributed by atoms with Gasteiger partial charge < -0.3 is 15.4 Å². The Morgan fingerprint density at radius 1 is 0.971 bits per heavy atom. The summed E-state index contributed by atoms with van der Waals surface area (Å²) in [6.45, 7) is 1.88. The molecule has 176 valence electrons. The molecule has 0 bridgehead atoms. The maximum atomic E-state index is 13.1. The van der Waals surface area contributed by atoms with Crippen molar-refractivity contribution in [3.8, 4) is 11.6 Å². The average molecular weight is 572 g/mol. The Bertz CT molecular complexity index is 1200. The number of pyridine rings is 1. The first-order chi connectivity index (χ1) is 16.2. The van der Waals surface area contributed by atoms with Gasteiger partial charge in [-0.15, -0.1) is 24.0 Å². The van der Waals surface area contributed by atoms with Crippen LogP contribution in [0, 0.1) is 5.82 Å². The van der Waals surface area contributed by atoms with Crippen molar-refractivity contribution >= 4 is 29.9 Å². The van der Waals surface area contributed by atoms with Gasteiger partial charge in [0.25, 0.3) is 0 Å². The summed E-state index contributed by atoms with van der Waals surface area (Å²) in [7, 11) is 1.74. The van der Waals surface area contributed by atoms with Gasteiger partial charge >= 0.3 is 0 Å². The van der Waals surface area contributed by atoms with Crippen molar-refractivity contribution in [1.82, 2.24) is 25.4 Å². The number of rotatable bonds is 8. The minimum Gasteiger partial charge on any atom is -0.439 e. The first-order valence-corrected chi connectivity index (χ1v) is 10.6. The van der Waals surface area contributed by atoms with Gasteiger partial charge in [-0.25, -0.2) is 9.37 Å². The molecule has 0 unspecified atom stereocenters. The number of ether oxygens (including phenoxy) is 1. The molecule has 0 saturated carbocycles. The summed E-state index contributed by atoms with van der Waals surface area (Å²) in [4.78, 5) is 8.54. The molecule has 0 saturated heterocycles. The number of hydrogen-bond donors (Lipinski definition) is 2. The monoisotopic (exact) mass is 572 g/mol. The minimum absolute atomic E-state index is 0. The van der Waals surface area contributed by atoms with E-state index < -0.39 is 0 Å². The molecule has 0 amide bonds.